The molecule has 1 amide bonds. The highest BCUT2D eigenvalue weighted by atomic mass is 19.3. The van der Waals surface area contributed by atoms with Gasteiger partial charge in [0.2, 0.25) is 0 Å². The number of carbonyl (C=O) groups is 2. The Morgan fingerprint density at radius 3 is 2.70 bits per heavy atom. The Bertz CT molecular complexity index is 857. The van der Waals surface area contributed by atoms with E-state index < -0.39 is 23.3 Å². The van der Waals surface area contributed by atoms with Crippen LogP contribution in [-0.4, -0.2) is 36.3 Å². The van der Waals surface area contributed by atoms with E-state index in [1.165, 1.54) is 18.2 Å². The number of Topliss-reactive ketones (excluding diaryl/α,β-unsaturated/α-hetero) is 1. The van der Waals surface area contributed by atoms with Crippen molar-refractivity contribution in [3.63, 3.8) is 0 Å². The third kappa shape index (κ3) is 3.57. The van der Waals surface area contributed by atoms with Crippen LogP contribution < -0.4 is 4.74 Å². The summed E-state index contributed by atoms with van der Waals surface area (Å²) in [6.07, 6.45) is 2.83. The molecule has 27 heavy (non-hydrogen) atoms. The van der Waals surface area contributed by atoms with Crippen molar-refractivity contribution >= 4 is 11.7 Å². The summed E-state index contributed by atoms with van der Waals surface area (Å²) in [5, 5.41) is 9.30. The van der Waals surface area contributed by atoms with E-state index >= 15 is 0 Å². The number of ketones is 1. The molecule has 2 aliphatic rings. The van der Waals surface area contributed by atoms with Gasteiger partial charge in [-0.05, 0) is 25.0 Å². The van der Waals surface area contributed by atoms with Crippen molar-refractivity contribution in [2.45, 2.75) is 33.3 Å². The maximum absolute atomic E-state index is 12.9. The number of amides is 1. The van der Waals surface area contributed by atoms with Crippen molar-refractivity contribution in [2.75, 3.05) is 13.1 Å². The molecule has 0 radical (unpaired) electrons. The molecule has 1 saturated heterocycles. The molecule has 1 heterocycles. The van der Waals surface area contributed by atoms with Gasteiger partial charge in [0, 0.05) is 23.9 Å². The van der Waals surface area contributed by atoms with E-state index in [9.17, 15) is 23.6 Å². The lowest BCUT2D eigenvalue weighted by Gasteiger charge is -2.38. The van der Waals surface area contributed by atoms with Crippen molar-refractivity contribution in [3.05, 3.63) is 41.5 Å². The highest BCUT2D eigenvalue weighted by Gasteiger charge is 2.49. The number of rotatable bonds is 3. The highest BCUT2D eigenvalue weighted by molar-refractivity contribution is 6.04. The molecule has 1 aliphatic heterocycles. The van der Waals surface area contributed by atoms with E-state index in [-0.39, 0.29) is 22.7 Å². The van der Waals surface area contributed by atoms with E-state index in [0.29, 0.717) is 25.9 Å². The summed E-state index contributed by atoms with van der Waals surface area (Å²) >= 11 is 0. The lowest BCUT2D eigenvalue weighted by molar-refractivity contribution is -0.125. The van der Waals surface area contributed by atoms with Gasteiger partial charge in [-0.15, -0.1) is 0 Å². The van der Waals surface area contributed by atoms with Crippen LogP contribution in [0.3, 0.4) is 0 Å². The fraction of sp³-hybridized carbons (Fsp3) is 0.450. The Kier molecular flexibility index (Phi) is 4.77. The predicted octanol–water partition coefficient (Wildman–Crippen LogP) is 3.57. The first-order valence-electron chi connectivity index (χ1n) is 8.68. The molecular weight excluding hydrogens is 354 g/mol. The Balaban J connectivity index is 1.87. The van der Waals surface area contributed by atoms with Gasteiger partial charge in [-0.25, -0.2) is 0 Å². The third-order valence-corrected chi connectivity index (χ3v) is 5.23. The van der Waals surface area contributed by atoms with E-state index in [1.54, 1.807) is 30.9 Å². The lowest BCUT2D eigenvalue weighted by Crippen LogP contribution is -2.40. The van der Waals surface area contributed by atoms with Gasteiger partial charge in [-0.2, -0.15) is 14.0 Å². The molecule has 1 aliphatic carbocycles. The van der Waals surface area contributed by atoms with Crippen LogP contribution in [0.2, 0.25) is 0 Å². The maximum Gasteiger partial charge on any atom is 0.387 e. The average molecular weight is 374 g/mol. The summed E-state index contributed by atoms with van der Waals surface area (Å²) in [6, 6.07) is 7.88. The van der Waals surface area contributed by atoms with Gasteiger partial charge < -0.3 is 9.64 Å². The number of carbonyl (C=O) groups excluding carboxylic acids is 2. The standard InChI is InChI=1S/C20H20F2N2O3/c1-19(2)11-20(9-13(10-23)16(19)25)7-8-24(12-20)17(26)14-5-3-4-6-15(14)27-18(21)22/h3-6,9,18H,7-8,11-12H2,1-2H3. The van der Waals surface area contributed by atoms with Gasteiger partial charge in [-0.1, -0.05) is 32.1 Å². The molecular formula is C20H20F2N2O3. The van der Waals surface area contributed by atoms with Crippen molar-refractivity contribution in [1.29, 1.82) is 5.26 Å². The Morgan fingerprint density at radius 2 is 2.04 bits per heavy atom. The Hall–Kier alpha value is -2.75. The minimum Gasteiger partial charge on any atom is -0.434 e. The number of ether oxygens (including phenoxy) is 1. The summed E-state index contributed by atoms with van der Waals surface area (Å²) in [5.41, 5.74) is -0.945. The number of alkyl halides is 2. The summed E-state index contributed by atoms with van der Waals surface area (Å²) in [7, 11) is 0. The van der Waals surface area contributed by atoms with Crippen LogP contribution in [0.15, 0.2) is 35.9 Å². The number of hydrogen-bond donors (Lipinski definition) is 0. The maximum atomic E-state index is 12.9. The molecule has 1 spiro atoms. The topological polar surface area (TPSA) is 70.4 Å². The van der Waals surface area contributed by atoms with Crippen molar-refractivity contribution < 1.29 is 23.1 Å². The zero-order valence-corrected chi connectivity index (χ0v) is 15.2. The summed E-state index contributed by atoms with van der Waals surface area (Å²) in [5.74, 6) is -0.744. The van der Waals surface area contributed by atoms with Crippen molar-refractivity contribution in [2.24, 2.45) is 10.8 Å². The Morgan fingerprint density at radius 1 is 1.33 bits per heavy atom. The van der Waals surface area contributed by atoms with E-state index in [4.69, 9.17) is 0 Å². The SMILES string of the molecule is CC1(C)CC2(C=C(C#N)C1=O)CCN(C(=O)c1ccccc1OC(F)F)C2. The van der Waals surface area contributed by atoms with Gasteiger partial charge >= 0.3 is 6.61 Å². The molecule has 0 N–H and O–H groups in total. The first-order chi connectivity index (χ1) is 12.7. The number of hydrogen-bond acceptors (Lipinski definition) is 4. The highest BCUT2D eigenvalue weighted by Crippen LogP contribution is 2.48. The van der Waals surface area contributed by atoms with E-state index in [1.807, 2.05) is 6.07 Å². The van der Waals surface area contributed by atoms with Crippen LogP contribution in [0.4, 0.5) is 8.78 Å². The first-order valence-corrected chi connectivity index (χ1v) is 8.68. The molecule has 142 valence electrons. The molecule has 0 saturated carbocycles. The number of nitriles is 1. The zero-order chi connectivity index (χ0) is 19.8. The first kappa shape index (κ1) is 19.0. The molecule has 1 unspecified atom stereocenters. The number of benzene rings is 1. The van der Waals surface area contributed by atoms with E-state index in [0.717, 1.165) is 0 Å². The number of nitrogens with zero attached hydrogens (tertiary/aromatic N) is 2. The van der Waals surface area contributed by atoms with Gasteiger partial charge in [-0.3, -0.25) is 9.59 Å². The molecule has 5 nitrogen and oxygen atoms in total. The van der Waals surface area contributed by atoms with Gasteiger partial charge in [0.25, 0.3) is 5.91 Å². The molecule has 0 aromatic heterocycles. The molecule has 7 heteroatoms. The van der Waals surface area contributed by atoms with E-state index in [2.05, 4.69) is 4.74 Å². The smallest absolute Gasteiger partial charge is 0.387 e. The van der Waals surface area contributed by atoms with Crippen molar-refractivity contribution in [1.82, 2.24) is 4.90 Å². The summed E-state index contributed by atoms with van der Waals surface area (Å²) < 4.78 is 29.7. The second kappa shape index (κ2) is 6.76. The number of likely N-dealkylation sites (tertiary alicyclic amines) is 1. The molecule has 1 fully saturated rings. The summed E-state index contributed by atoms with van der Waals surface area (Å²) in [6.45, 7) is 1.34. The van der Waals surface area contributed by atoms with Crippen LogP contribution in [0.25, 0.3) is 0 Å². The fourth-order valence-electron chi connectivity index (χ4n) is 4.17. The fourth-order valence-corrected chi connectivity index (χ4v) is 4.17. The molecule has 1 atom stereocenters. The van der Waals surface area contributed by atoms with Crippen LogP contribution in [0, 0.1) is 22.2 Å². The molecule has 1 aromatic carbocycles. The van der Waals surface area contributed by atoms with Crippen LogP contribution in [-0.2, 0) is 4.79 Å². The number of allylic oxidation sites excluding steroid dienone is 1. The zero-order valence-electron chi connectivity index (χ0n) is 15.2. The molecule has 3 rings (SSSR count). The van der Waals surface area contributed by atoms with Crippen LogP contribution >= 0.6 is 0 Å². The largest absolute Gasteiger partial charge is 0.434 e. The molecule has 1 aromatic rings. The van der Waals surface area contributed by atoms with Crippen LogP contribution in [0.1, 0.15) is 37.0 Å². The average Bonchev–Trinajstić information content (AvgIpc) is 3.00. The van der Waals surface area contributed by atoms with Gasteiger partial charge in [0.05, 0.1) is 11.1 Å². The Labute approximate surface area is 156 Å². The quantitative estimate of drug-likeness (QED) is 0.811. The minimum absolute atomic E-state index is 0.0745. The third-order valence-electron chi connectivity index (χ3n) is 5.23. The van der Waals surface area contributed by atoms with Gasteiger partial charge in [0.1, 0.15) is 11.8 Å². The van der Waals surface area contributed by atoms with Gasteiger partial charge in [0.15, 0.2) is 5.78 Å². The second-order valence-electron chi connectivity index (χ2n) is 7.77. The monoisotopic (exact) mass is 374 g/mol. The number of halogens is 2. The number of para-hydroxylation sites is 1. The summed E-state index contributed by atoms with van der Waals surface area (Å²) in [4.78, 5) is 26.8. The normalized spacial score (nSPS) is 24.1. The lowest BCUT2D eigenvalue weighted by atomic mass is 9.64. The minimum atomic E-state index is -3.02. The van der Waals surface area contributed by atoms with Crippen LogP contribution in [0.5, 0.6) is 5.75 Å². The van der Waals surface area contributed by atoms with Crippen molar-refractivity contribution in [3.8, 4) is 11.8 Å². The molecule has 0 bridgehead atoms. The second-order valence-corrected chi connectivity index (χ2v) is 7.77. The predicted molar refractivity (Wildman–Crippen MR) is 93.1 cm³/mol.